The summed E-state index contributed by atoms with van der Waals surface area (Å²) in [5.74, 6) is -0.644. The third-order valence-electron chi connectivity index (χ3n) is 3.50. The van der Waals surface area contributed by atoms with Gasteiger partial charge in [0.05, 0.1) is 4.91 Å². The molecule has 1 amide bonds. The molecule has 23 heavy (non-hydrogen) atoms. The topological polar surface area (TPSA) is 65.7 Å². The minimum atomic E-state index is -0.230. The van der Waals surface area contributed by atoms with Gasteiger partial charge in [0.15, 0.2) is 15.8 Å². The van der Waals surface area contributed by atoms with Crippen LogP contribution in [0.1, 0.15) is 17.0 Å². The van der Waals surface area contributed by atoms with Gasteiger partial charge in [0, 0.05) is 11.4 Å². The Kier molecular flexibility index (Phi) is 3.91. The van der Waals surface area contributed by atoms with Gasteiger partial charge in [-0.15, -0.1) is 0 Å². The van der Waals surface area contributed by atoms with Crippen LogP contribution in [0.5, 0.6) is 11.5 Å². The second kappa shape index (κ2) is 5.75. The summed E-state index contributed by atoms with van der Waals surface area (Å²) in [5.41, 5.74) is 2.45. The number of aromatic hydroxyl groups is 2. The number of aryl methyl sites for hydroxylation is 2. The number of amides is 1. The van der Waals surface area contributed by atoms with E-state index in [0.29, 0.717) is 14.8 Å². The van der Waals surface area contributed by atoms with Gasteiger partial charge >= 0.3 is 0 Å². The molecule has 0 unspecified atom stereocenters. The van der Waals surface area contributed by atoms with Crippen molar-refractivity contribution >= 4 is 40.3 Å². The zero-order chi connectivity index (χ0) is 16.7. The third-order valence-corrected chi connectivity index (χ3v) is 4.79. The van der Waals surface area contributed by atoms with Crippen LogP contribution in [0.15, 0.2) is 35.2 Å². The van der Waals surface area contributed by atoms with Crippen LogP contribution in [0.3, 0.4) is 0 Å². The fourth-order valence-electron chi connectivity index (χ4n) is 2.39. The molecule has 0 radical (unpaired) electrons. The predicted molar refractivity (Wildman–Crippen MR) is 95.1 cm³/mol. The average molecular weight is 346 g/mol. The van der Waals surface area contributed by atoms with Gasteiger partial charge in [-0.2, -0.15) is 5.01 Å². The van der Waals surface area contributed by atoms with Gasteiger partial charge in [-0.25, -0.2) is 0 Å². The lowest BCUT2D eigenvalue weighted by atomic mass is 10.2. The number of thioether (sulfide) groups is 1. The Morgan fingerprint density at radius 2 is 1.74 bits per heavy atom. The number of phenolic OH excluding ortho intramolecular Hbond substituents is 2. The SMILES string of the molecule is Cc1ccc(C)n1N1C(=O)C(=Cc2ccc(O)c(O)c2)SC1=S. The summed E-state index contributed by atoms with van der Waals surface area (Å²) in [5, 5.41) is 20.4. The van der Waals surface area contributed by atoms with Crippen LogP contribution < -0.4 is 5.01 Å². The van der Waals surface area contributed by atoms with Crippen LogP contribution in [0.2, 0.25) is 0 Å². The molecule has 2 heterocycles. The third kappa shape index (κ3) is 2.73. The lowest BCUT2D eigenvalue weighted by Gasteiger charge is -2.20. The van der Waals surface area contributed by atoms with Crippen molar-refractivity contribution < 1.29 is 15.0 Å². The van der Waals surface area contributed by atoms with Crippen molar-refractivity contribution in [1.82, 2.24) is 4.68 Å². The van der Waals surface area contributed by atoms with Crippen LogP contribution in [-0.2, 0) is 4.79 Å². The number of hydrogen-bond acceptors (Lipinski definition) is 5. The second-order valence-electron chi connectivity index (χ2n) is 5.17. The molecule has 1 aromatic heterocycles. The van der Waals surface area contributed by atoms with Crippen molar-refractivity contribution in [3.8, 4) is 11.5 Å². The Labute approximate surface area is 142 Å². The van der Waals surface area contributed by atoms with E-state index in [-0.39, 0.29) is 17.4 Å². The predicted octanol–water partition coefficient (Wildman–Crippen LogP) is 3.05. The maximum absolute atomic E-state index is 12.7. The summed E-state index contributed by atoms with van der Waals surface area (Å²) in [7, 11) is 0. The molecule has 0 atom stereocenters. The van der Waals surface area contributed by atoms with Crippen LogP contribution in [-0.4, -0.2) is 25.1 Å². The summed E-state index contributed by atoms with van der Waals surface area (Å²) < 4.78 is 2.24. The van der Waals surface area contributed by atoms with Gasteiger partial charge in [0.1, 0.15) is 0 Å². The van der Waals surface area contributed by atoms with E-state index in [1.807, 2.05) is 26.0 Å². The van der Waals surface area contributed by atoms with E-state index in [4.69, 9.17) is 12.2 Å². The molecule has 1 saturated heterocycles. The van der Waals surface area contributed by atoms with Crippen molar-refractivity contribution in [2.75, 3.05) is 5.01 Å². The molecule has 5 nitrogen and oxygen atoms in total. The highest BCUT2D eigenvalue weighted by molar-refractivity contribution is 8.27. The average Bonchev–Trinajstić information content (AvgIpc) is 2.95. The minimum absolute atomic E-state index is 0.201. The van der Waals surface area contributed by atoms with Crippen molar-refractivity contribution in [2.24, 2.45) is 0 Å². The van der Waals surface area contributed by atoms with E-state index in [2.05, 4.69) is 0 Å². The number of benzene rings is 1. The normalized spacial score (nSPS) is 16.6. The van der Waals surface area contributed by atoms with Crippen LogP contribution in [0.25, 0.3) is 6.08 Å². The van der Waals surface area contributed by atoms with E-state index in [1.54, 1.807) is 16.8 Å². The summed E-state index contributed by atoms with van der Waals surface area (Å²) in [6.07, 6.45) is 1.65. The van der Waals surface area contributed by atoms with Crippen LogP contribution >= 0.6 is 24.0 Å². The number of thiocarbonyl (C=S) groups is 1. The Bertz CT molecular complexity index is 836. The number of phenols is 2. The fraction of sp³-hybridized carbons (Fsp3) is 0.125. The number of hydrogen-bond donors (Lipinski definition) is 2. The first-order chi connectivity index (χ1) is 10.9. The standard InChI is InChI=1S/C16H14N2O3S2/c1-9-3-4-10(2)17(9)18-15(21)14(23-16(18)22)8-11-5-6-12(19)13(20)7-11/h3-8,19-20H,1-2H3. The van der Waals surface area contributed by atoms with E-state index < -0.39 is 0 Å². The number of nitrogens with zero attached hydrogens (tertiary/aromatic N) is 2. The lowest BCUT2D eigenvalue weighted by molar-refractivity contribution is -0.114. The van der Waals surface area contributed by atoms with Crippen molar-refractivity contribution in [3.05, 3.63) is 52.2 Å². The van der Waals surface area contributed by atoms with Crippen LogP contribution in [0, 0.1) is 13.8 Å². The van der Waals surface area contributed by atoms with Gasteiger partial charge < -0.3 is 10.2 Å². The largest absolute Gasteiger partial charge is 0.504 e. The number of carbonyl (C=O) groups is 1. The van der Waals surface area contributed by atoms with Crippen molar-refractivity contribution in [1.29, 1.82) is 0 Å². The highest BCUT2D eigenvalue weighted by Crippen LogP contribution is 2.34. The highest BCUT2D eigenvalue weighted by atomic mass is 32.2. The summed E-state index contributed by atoms with van der Waals surface area (Å²) in [6.45, 7) is 3.82. The van der Waals surface area contributed by atoms with E-state index in [1.165, 1.54) is 28.9 Å². The summed E-state index contributed by atoms with van der Waals surface area (Å²) in [6, 6.07) is 8.25. The Hall–Kier alpha value is -2.25. The second-order valence-corrected chi connectivity index (χ2v) is 6.85. The monoisotopic (exact) mass is 346 g/mol. The fourth-order valence-corrected chi connectivity index (χ4v) is 3.63. The highest BCUT2D eigenvalue weighted by Gasteiger charge is 2.34. The molecular weight excluding hydrogens is 332 g/mol. The number of aromatic nitrogens is 1. The minimum Gasteiger partial charge on any atom is -0.504 e. The first kappa shape index (κ1) is 15.6. The molecule has 0 aliphatic carbocycles. The van der Waals surface area contributed by atoms with E-state index in [9.17, 15) is 15.0 Å². The molecule has 2 aromatic rings. The maximum atomic E-state index is 12.7. The van der Waals surface area contributed by atoms with Crippen molar-refractivity contribution in [2.45, 2.75) is 13.8 Å². The first-order valence-corrected chi connectivity index (χ1v) is 8.06. The zero-order valence-corrected chi connectivity index (χ0v) is 14.1. The van der Waals surface area contributed by atoms with E-state index in [0.717, 1.165) is 11.4 Å². The van der Waals surface area contributed by atoms with Gasteiger partial charge in [-0.3, -0.25) is 9.47 Å². The summed E-state index contributed by atoms with van der Waals surface area (Å²) in [4.78, 5) is 13.2. The van der Waals surface area contributed by atoms with Gasteiger partial charge in [0.2, 0.25) is 0 Å². The molecule has 2 N–H and O–H groups in total. The summed E-state index contributed by atoms with van der Waals surface area (Å²) >= 11 is 6.55. The van der Waals surface area contributed by atoms with Gasteiger partial charge in [-0.05, 0) is 62.0 Å². The Balaban J connectivity index is 1.98. The molecule has 3 rings (SSSR count). The molecule has 118 valence electrons. The molecule has 0 saturated carbocycles. The molecule has 0 bridgehead atoms. The molecule has 1 aliphatic heterocycles. The smallest absolute Gasteiger partial charge is 0.285 e. The number of rotatable bonds is 2. The first-order valence-electron chi connectivity index (χ1n) is 6.83. The lowest BCUT2D eigenvalue weighted by Crippen LogP contribution is -2.39. The zero-order valence-electron chi connectivity index (χ0n) is 12.5. The van der Waals surface area contributed by atoms with Crippen molar-refractivity contribution in [3.63, 3.8) is 0 Å². The maximum Gasteiger partial charge on any atom is 0.285 e. The quantitative estimate of drug-likeness (QED) is 0.497. The molecule has 7 heteroatoms. The number of carbonyl (C=O) groups excluding carboxylic acids is 1. The molecule has 1 fully saturated rings. The Morgan fingerprint density at radius 3 is 2.35 bits per heavy atom. The molecule has 1 aromatic carbocycles. The van der Waals surface area contributed by atoms with E-state index >= 15 is 0 Å². The van der Waals surface area contributed by atoms with Gasteiger partial charge in [0.25, 0.3) is 5.91 Å². The molecular formula is C16H14N2O3S2. The van der Waals surface area contributed by atoms with Gasteiger partial charge in [-0.1, -0.05) is 17.8 Å². The molecule has 0 spiro atoms. The Morgan fingerprint density at radius 1 is 1.09 bits per heavy atom. The van der Waals surface area contributed by atoms with Crippen LogP contribution in [0.4, 0.5) is 0 Å². The molecule has 1 aliphatic rings.